The third-order valence-electron chi connectivity index (χ3n) is 4.05. The molecule has 2 aromatic heterocycles. The topological polar surface area (TPSA) is 55.6 Å². The number of rotatable bonds is 5. The standard InChI is InChI=1S/C20H15FN2O3S/c1-25-15-8-9-17-18(11-15)27-20(22-17)23(12-16-3-2-10-26-16)19(24)13-4-6-14(21)7-5-13/h2-11H,12H2,1H3. The van der Waals surface area contributed by atoms with Crippen molar-refractivity contribution in [2.75, 3.05) is 12.0 Å². The summed E-state index contributed by atoms with van der Waals surface area (Å²) in [7, 11) is 1.60. The molecule has 0 radical (unpaired) electrons. The van der Waals surface area contributed by atoms with Crippen molar-refractivity contribution >= 4 is 32.6 Å². The van der Waals surface area contributed by atoms with Crippen LogP contribution in [0.15, 0.2) is 65.3 Å². The van der Waals surface area contributed by atoms with Crippen LogP contribution in [0.3, 0.4) is 0 Å². The predicted molar refractivity (Wildman–Crippen MR) is 102 cm³/mol. The first-order valence-corrected chi connectivity index (χ1v) is 9.00. The summed E-state index contributed by atoms with van der Waals surface area (Å²) in [5.41, 5.74) is 1.15. The smallest absolute Gasteiger partial charge is 0.260 e. The maximum atomic E-state index is 13.2. The van der Waals surface area contributed by atoms with Gasteiger partial charge >= 0.3 is 0 Å². The predicted octanol–water partition coefficient (Wildman–Crippen LogP) is 4.88. The van der Waals surface area contributed by atoms with Crippen LogP contribution in [0.2, 0.25) is 0 Å². The van der Waals surface area contributed by atoms with Gasteiger partial charge in [-0.15, -0.1) is 0 Å². The lowest BCUT2D eigenvalue weighted by Crippen LogP contribution is -2.30. The summed E-state index contributed by atoms with van der Waals surface area (Å²) in [5.74, 6) is 0.677. The summed E-state index contributed by atoms with van der Waals surface area (Å²) >= 11 is 1.38. The van der Waals surface area contributed by atoms with Crippen molar-refractivity contribution in [3.05, 3.63) is 78.0 Å². The number of hydrogen-bond acceptors (Lipinski definition) is 5. The van der Waals surface area contributed by atoms with E-state index in [0.717, 1.165) is 16.0 Å². The first-order valence-electron chi connectivity index (χ1n) is 8.18. The number of fused-ring (bicyclic) bond motifs is 1. The number of carbonyl (C=O) groups is 1. The largest absolute Gasteiger partial charge is 0.497 e. The molecule has 0 N–H and O–H groups in total. The molecule has 0 bridgehead atoms. The highest BCUT2D eigenvalue weighted by atomic mass is 32.1. The number of anilines is 1. The zero-order chi connectivity index (χ0) is 18.8. The van der Waals surface area contributed by atoms with Crippen molar-refractivity contribution in [2.45, 2.75) is 6.54 Å². The van der Waals surface area contributed by atoms with Crippen molar-refractivity contribution in [3.63, 3.8) is 0 Å². The second-order valence-electron chi connectivity index (χ2n) is 5.81. The first kappa shape index (κ1) is 17.2. The lowest BCUT2D eigenvalue weighted by atomic mass is 10.2. The molecule has 0 atom stereocenters. The van der Waals surface area contributed by atoms with Crippen molar-refractivity contribution in [3.8, 4) is 5.75 Å². The van der Waals surface area contributed by atoms with E-state index in [9.17, 15) is 9.18 Å². The number of ether oxygens (including phenoxy) is 1. The van der Waals surface area contributed by atoms with Gasteiger partial charge in [-0.1, -0.05) is 11.3 Å². The van der Waals surface area contributed by atoms with Crippen LogP contribution in [-0.2, 0) is 6.54 Å². The van der Waals surface area contributed by atoms with Gasteiger partial charge in [-0.2, -0.15) is 0 Å². The van der Waals surface area contributed by atoms with Crippen LogP contribution in [0.1, 0.15) is 16.1 Å². The average molecular weight is 382 g/mol. The Morgan fingerprint density at radius 2 is 2.04 bits per heavy atom. The van der Waals surface area contributed by atoms with E-state index in [4.69, 9.17) is 9.15 Å². The van der Waals surface area contributed by atoms with Gasteiger partial charge in [-0.3, -0.25) is 9.69 Å². The molecule has 0 aliphatic carbocycles. The molecular weight excluding hydrogens is 367 g/mol. The minimum Gasteiger partial charge on any atom is -0.497 e. The molecule has 0 spiro atoms. The summed E-state index contributed by atoms with van der Waals surface area (Å²) in [6, 6.07) is 14.6. The number of furan rings is 1. The van der Waals surface area contributed by atoms with E-state index in [1.807, 2.05) is 18.2 Å². The quantitative estimate of drug-likeness (QED) is 0.493. The van der Waals surface area contributed by atoms with Gasteiger partial charge < -0.3 is 9.15 Å². The Hall–Kier alpha value is -3.19. The first-order chi connectivity index (χ1) is 13.1. The fourth-order valence-corrected chi connectivity index (χ4v) is 3.66. The molecule has 2 aromatic carbocycles. The van der Waals surface area contributed by atoms with Gasteiger partial charge in [0.15, 0.2) is 5.13 Å². The van der Waals surface area contributed by atoms with Crippen LogP contribution in [0.5, 0.6) is 5.75 Å². The molecule has 0 fully saturated rings. The van der Waals surface area contributed by atoms with Gasteiger partial charge in [0.1, 0.15) is 17.3 Å². The fourth-order valence-electron chi connectivity index (χ4n) is 2.67. The number of nitrogens with zero attached hydrogens (tertiary/aromatic N) is 2. The number of benzene rings is 2. The third kappa shape index (κ3) is 3.54. The molecule has 2 heterocycles. The molecule has 1 amide bonds. The Kier molecular flexibility index (Phi) is 4.60. The van der Waals surface area contributed by atoms with Crippen molar-refractivity contribution in [2.24, 2.45) is 0 Å². The summed E-state index contributed by atoms with van der Waals surface area (Å²) in [5, 5.41) is 0.531. The van der Waals surface area contributed by atoms with Crippen LogP contribution in [0.25, 0.3) is 10.2 Å². The molecule has 0 unspecified atom stereocenters. The van der Waals surface area contributed by atoms with Gasteiger partial charge in [-0.25, -0.2) is 9.37 Å². The summed E-state index contributed by atoms with van der Waals surface area (Å²) < 4.78 is 24.8. The van der Waals surface area contributed by atoms with Crippen molar-refractivity contribution in [1.82, 2.24) is 4.98 Å². The maximum Gasteiger partial charge on any atom is 0.260 e. The Bertz CT molecular complexity index is 1070. The monoisotopic (exact) mass is 382 g/mol. The highest BCUT2D eigenvalue weighted by Gasteiger charge is 2.23. The number of thiazole rings is 1. The Balaban J connectivity index is 1.75. The lowest BCUT2D eigenvalue weighted by molar-refractivity contribution is 0.0983. The van der Waals surface area contributed by atoms with Gasteiger partial charge in [0, 0.05) is 5.56 Å². The second-order valence-corrected chi connectivity index (χ2v) is 6.82. The Morgan fingerprint density at radius 3 is 2.74 bits per heavy atom. The molecule has 0 aliphatic heterocycles. The van der Waals surface area contributed by atoms with Gasteiger partial charge in [-0.05, 0) is 54.6 Å². The molecule has 27 heavy (non-hydrogen) atoms. The average Bonchev–Trinajstić information content (AvgIpc) is 3.34. The van der Waals surface area contributed by atoms with Crippen LogP contribution < -0.4 is 9.64 Å². The summed E-state index contributed by atoms with van der Waals surface area (Å²) in [6.07, 6.45) is 1.55. The van der Waals surface area contributed by atoms with Crippen molar-refractivity contribution in [1.29, 1.82) is 0 Å². The number of carbonyl (C=O) groups excluding carboxylic acids is 1. The summed E-state index contributed by atoms with van der Waals surface area (Å²) in [4.78, 5) is 19.2. The lowest BCUT2D eigenvalue weighted by Gasteiger charge is -2.18. The van der Waals surface area contributed by atoms with Crippen LogP contribution in [0.4, 0.5) is 9.52 Å². The van der Waals surface area contributed by atoms with Crippen LogP contribution in [-0.4, -0.2) is 18.0 Å². The minimum absolute atomic E-state index is 0.222. The van der Waals surface area contributed by atoms with E-state index >= 15 is 0 Å². The highest BCUT2D eigenvalue weighted by Crippen LogP contribution is 2.33. The summed E-state index contributed by atoms with van der Waals surface area (Å²) in [6.45, 7) is 0.222. The zero-order valence-corrected chi connectivity index (χ0v) is 15.2. The SMILES string of the molecule is COc1ccc2nc(N(Cc3ccco3)C(=O)c3ccc(F)cc3)sc2c1. The van der Waals surface area contributed by atoms with Gasteiger partial charge in [0.25, 0.3) is 5.91 Å². The molecule has 0 aliphatic rings. The highest BCUT2D eigenvalue weighted by molar-refractivity contribution is 7.22. The minimum atomic E-state index is -0.392. The van der Waals surface area contributed by atoms with Crippen LogP contribution >= 0.6 is 11.3 Å². The molecule has 136 valence electrons. The Morgan fingerprint density at radius 1 is 1.22 bits per heavy atom. The van der Waals surface area contributed by atoms with Gasteiger partial charge in [0.2, 0.25) is 0 Å². The van der Waals surface area contributed by atoms with Crippen molar-refractivity contribution < 1.29 is 18.3 Å². The third-order valence-corrected chi connectivity index (χ3v) is 5.09. The molecule has 0 saturated heterocycles. The number of methoxy groups -OCH3 is 1. The number of halogens is 1. The molecular formula is C20H15FN2O3S. The van der Waals surface area contributed by atoms with E-state index in [0.29, 0.717) is 16.5 Å². The fraction of sp³-hybridized carbons (Fsp3) is 0.100. The Labute approximate surface area is 158 Å². The van der Waals surface area contributed by atoms with E-state index in [1.165, 1.54) is 40.5 Å². The van der Waals surface area contributed by atoms with Gasteiger partial charge in [0.05, 0.1) is 30.1 Å². The number of amides is 1. The van der Waals surface area contributed by atoms with E-state index in [2.05, 4.69) is 4.98 Å². The molecule has 5 nitrogen and oxygen atoms in total. The van der Waals surface area contributed by atoms with E-state index < -0.39 is 5.82 Å². The number of aromatic nitrogens is 1. The second kappa shape index (κ2) is 7.20. The van der Waals surface area contributed by atoms with E-state index in [1.54, 1.807) is 25.5 Å². The normalized spacial score (nSPS) is 10.9. The molecule has 4 aromatic rings. The molecule has 4 rings (SSSR count). The maximum absolute atomic E-state index is 13.2. The van der Waals surface area contributed by atoms with Crippen LogP contribution in [0, 0.1) is 5.82 Å². The molecule has 7 heteroatoms. The van der Waals surface area contributed by atoms with E-state index in [-0.39, 0.29) is 12.5 Å². The zero-order valence-electron chi connectivity index (χ0n) is 14.4. The number of hydrogen-bond donors (Lipinski definition) is 0. The molecule has 0 saturated carbocycles.